The number of nitrogens with zero attached hydrogens (tertiary/aromatic N) is 1. The summed E-state index contributed by atoms with van der Waals surface area (Å²) in [6.45, 7) is 2.86. The molecular weight excluding hydrogens is 248 g/mol. The quantitative estimate of drug-likeness (QED) is 0.744. The molecule has 98 valence electrons. The van der Waals surface area contributed by atoms with Gasteiger partial charge in [0.25, 0.3) is 0 Å². The molecule has 1 aromatic carbocycles. The van der Waals surface area contributed by atoms with Gasteiger partial charge in [-0.15, -0.1) is 0 Å². The van der Waals surface area contributed by atoms with E-state index in [-0.39, 0.29) is 12.5 Å². The Morgan fingerprint density at radius 1 is 1.39 bits per heavy atom. The lowest BCUT2D eigenvalue weighted by molar-refractivity contribution is -0.130. The maximum absolute atomic E-state index is 11.9. The number of hydrogen-bond donors (Lipinski definition) is 2. The van der Waals surface area contributed by atoms with Crippen molar-refractivity contribution in [1.82, 2.24) is 4.90 Å². The number of likely N-dealkylation sites (N-methyl/N-ethyl adjacent to an activating group) is 1. The van der Waals surface area contributed by atoms with Crippen molar-refractivity contribution in [1.29, 1.82) is 0 Å². The molecule has 0 aliphatic heterocycles. The fourth-order valence-electron chi connectivity index (χ4n) is 1.65. The van der Waals surface area contributed by atoms with E-state index in [0.29, 0.717) is 24.5 Å². The highest BCUT2D eigenvalue weighted by Gasteiger charge is 2.11. The summed E-state index contributed by atoms with van der Waals surface area (Å²) in [4.78, 5) is 13.9. The zero-order chi connectivity index (χ0) is 13.5. The van der Waals surface area contributed by atoms with Crippen molar-refractivity contribution >= 4 is 23.1 Å². The van der Waals surface area contributed by atoms with Crippen LogP contribution in [0.25, 0.3) is 0 Å². The fraction of sp³-hybridized carbons (Fsp3) is 0.385. The predicted molar refractivity (Wildman–Crippen MR) is 75.4 cm³/mol. The predicted octanol–water partition coefficient (Wildman–Crippen LogP) is 0.704. The van der Waals surface area contributed by atoms with Crippen LogP contribution in [0.5, 0.6) is 0 Å². The second-order valence-electron chi connectivity index (χ2n) is 3.93. The molecule has 0 aliphatic rings. The van der Waals surface area contributed by atoms with Gasteiger partial charge < -0.3 is 15.7 Å². The smallest absolute Gasteiger partial charge is 0.227 e. The van der Waals surface area contributed by atoms with Crippen molar-refractivity contribution < 1.29 is 9.90 Å². The first-order valence-corrected chi connectivity index (χ1v) is 6.26. The summed E-state index contributed by atoms with van der Waals surface area (Å²) in [5.74, 6) is 0.00891. The maximum Gasteiger partial charge on any atom is 0.227 e. The van der Waals surface area contributed by atoms with Crippen LogP contribution >= 0.6 is 12.2 Å². The summed E-state index contributed by atoms with van der Waals surface area (Å²) in [5.41, 5.74) is 7.21. The number of carbonyl (C=O) groups is 1. The van der Waals surface area contributed by atoms with Crippen molar-refractivity contribution in [2.24, 2.45) is 5.73 Å². The number of amides is 1. The van der Waals surface area contributed by atoms with Gasteiger partial charge in [-0.05, 0) is 12.5 Å². The van der Waals surface area contributed by atoms with Gasteiger partial charge in [-0.1, -0.05) is 36.5 Å². The SMILES string of the molecule is CCN(CCO)C(=O)Cc1ccc(C(N)=S)cc1. The van der Waals surface area contributed by atoms with Crippen LogP contribution in [0.1, 0.15) is 18.1 Å². The van der Waals surface area contributed by atoms with Crippen molar-refractivity contribution in [3.8, 4) is 0 Å². The molecular formula is C13H18N2O2S. The van der Waals surface area contributed by atoms with E-state index in [1.54, 1.807) is 4.90 Å². The minimum Gasteiger partial charge on any atom is -0.395 e. The maximum atomic E-state index is 11.9. The van der Waals surface area contributed by atoms with Crippen LogP contribution in [0.2, 0.25) is 0 Å². The second kappa shape index (κ2) is 7.08. The van der Waals surface area contributed by atoms with Crippen molar-refractivity contribution in [3.63, 3.8) is 0 Å². The standard InChI is InChI=1S/C13H18N2O2S/c1-2-15(7-8-16)12(17)9-10-3-5-11(6-4-10)13(14)18/h3-6,16H,2,7-9H2,1H3,(H2,14,18). The Kier molecular flexibility index (Phi) is 5.74. The molecule has 0 unspecified atom stereocenters. The zero-order valence-corrected chi connectivity index (χ0v) is 11.2. The number of nitrogens with two attached hydrogens (primary N) is 1. The lowest BCUT2D eigenvalue weighted by Crippen LogP contribution is -2.34. The summed E-state index contributed by atoms with van der Waals surface area (Å²) >= 11 is 4.86. The molecule has 0 radical (unpaired) electrons. The van der Waals surface area contributed by atoms with Crippen molar-refractivity contribution in [2.75, 3.05) is 19.7 Å². The normalized spacial score (nSPS) is 10.1. The number of benzene rings is 1. The topological polar surface area (TPSA) is 66.6 Å². The average Bonchev–Trinajstić information content (AvgIpc) is 2.36. The summed E-state index contributed by atoms with van der Waals surface area (Å²) in [6.07, 6.45) is 0.325. The molecule has 18 heavy (non-hydrogen) atoms. The molecule has 5 heteroatoms. The summed E-state index contributed by atoms with van der Waals surface area (Å²) in [7, 11) is 0. The van der Waals surface area contributed by atoms with Crippen LogP contribution in [0.4, 0.5) is 0 Å². The Balaban J connectivity index is 2.66. The van der Waals surface area contributed by atoms with Crippen molar-refractivity contribution in [2.45, 2.75) is 13.3 Å². The highest BCUT2D eigenvalue weighted by molar-refractivity contribution is 7.80. The second-order valence-corrected chi connectivity index (χ2v) is 4.37. The summed E-state index contributed by atoms with van der Waals surface area (Å²) < 4.78 is 0. The van der Waals surface area contributed by atoms with E-state index in [4.69, 9.17) is 23.1 Å². The zero-order valence-electron chi connectivity index (χ0n) is 10.4. The molecule has 0 saturated heterocycles. The van der Waals surface area contributed by atoms with Gasteiger partial charge in [0.2, 0.25) is 5.91 Å². The first-order chi connectivity index (χ1) is 8.58. The fourth-order valence-corrected chi connectivity index (χ4v) is 1.79. The lowest BCUT2D eigenvalue weighted by Gasteiger charge is -2.19. The van der Waals surface area contributed by atoms with E-state index in [0.717, 1.165) is 11.1 Å². The molecule has 1 aromatic rings. The molecule has 0 heterocycles. The monoisotopic (exact) mass is 266 g/mol. The minimum atomic E-state index is -0.0139. The van der Waals surface area contributed by atoms with Gasteiger partial charge in [-0.3, -0.25) is 4.79 Å². The molecule has 3 N–H and O–H groups in total. The molecule has 0 fully saturated rings. The lowest BCUT2D eigenvalue weighted by atomic mass is 10.1. The van der Waals surface area contributed by atoms with Gasteiger partial charge in [-0.2, -0.15) is 0 Å². The molecule has 0 atom stereocenters. The van der Waals surface area contributed by atoms with E-state index in [1.807, 2.05) is 31.2 Å². The Labute approximate surface area is 112 Å². The van der Waals surface area contributed by atoms with Crippen LogP contribution in [-0.4, -0.2) is 40.6 Å². The molecule has 4 nitrogen and oxygen atoms in total. The Hall–Kier alpha value is -1.46. The van der Waals surface area contributed by atoms with Gasteiger partial charge >= 0.3 is 0 Å². The highest BCUT2D eigenvalue weighted by Crippen LogP contribution is 2.07. The molecule has 0 aromatic heterocycles. The van der Waals surface area contributed by atoms with E-state index < -0.39 is 0 Å². The van der Waals surface area contributed by atoms with E-state index in [2.05, 4.69) is 0 Å². The van der Waals surface area contributed by atoms with Crippen LogP contribution in [0.3, 0.4) is 0 Å². The summed E-state index contributed by atoms with van der Waals surface area (Å²) in [6, 6.07) is 7.32. The van der Waals surface area contributed by atoms with Gasteiger partial charge in [0.15, 0.2) is 0 Å². The van der Waals surface area contributed by atoms with Crippen LogP contribution < -0.4 is 5.73 Å². The minimum absolute atomic E-state index is 0.00891. The number of thiocarbonyl (C=S) groups is 1. The largest absolute Gasteiger partial charge is 0.395 e. The van der Waals surface area contributed by atoms with E-state index in [9.17, 15) is 4.79 Å². The molecule has 0 spiro atoms. The van der Waals surface area contributed by atoms with Crippen molar-refractivity contribution in [3.05, 3.63) is 35.4 Å². The molecule has 0 bridgehead atoms. The molecule has 1 amide bonds. The van der Waals surface area contributed by atoms with Gasteiger partial charge in [0.05, 0.1) is 13.0 Å². The van der Waals surface area contributed by atoms with E-state index >= 15 is 0 Å². The average molecular weight is 266 g/mol. The Morgan fingerprint density at radius 3 is 2.44 bits per heavy atom. The summed E-state index contributed by atoms with van der Waals surface area (Å²) in [5, 5.41) is 8.86. The van der Waals surface area contributed by atoms with Gasteiger partial charge in [0, 0.05) is 18.7 Å². The van der Waals surface area contributed by atoms with E-state index in [1.165, 1.54) is 0 Å². The number of aliphatic hydroxyl groups is 1. The van der Waals surface area contributed by atoms with Gasteiger partial charge in [-0.25, -0.2) is 0 Å². The van der Waals surface area contributed by atoms with Crippen LogP contribution in [0, 0.1) is 0 Å². The number of hydrogen-bond acceptors (Lipinski definition) is 3. The first-order valence-electron chi connectivity index (χ1n) is 5.85. The molecule has 0 aliphatic carbocycles. The number of aliphatic hydroxyl groups excluding tert-OH is 1. The van der Waals surface area contributed by atoms with Crippen LogP contribution in [0.15, 0.2) is 24.3 Å². The van der Waals surface area contributed by atoms with Gasteiger partial charge in [0.1, 0.15) is 4.99 Å². The Bertz CT molecular complexity index is 418. The third kappa shape index (κ3) is 4.09. The third-order valence-electron chi connectivity index (χ3n) is 2.70. The molecule has 0 saturated carbocycles. The highest BCUT2D eigenvalue weighted by atomic mass is 32.1. The third-order valence-corrected chi connectivity index (χ3v) is 2.93. The Morgan fingerprint density at radius 2 is 2.00 bits per heavy atom. The number of carbonyl (C=O) groups excluding carboxylic acids is 1. The first kappa shape index (κ1) is 14.6. The number of rotatable bonds is 6. The van der Waals surface area contributed by atoms with Crippen LogP contribution in [-0.2, 0) is 11.2 Å². The molecule has 1 rings (SSSR count).